The minimum atomic E-state index is -0.567. The van der Waals surface area contributed by atoms with Crippen molar-refractivity contribution in [1.29, 1.82) is 0 Å². The number of benzene rings is 9. The van der Waals surface area contributed by atoms with Gasteiger partial charge >= 0.3 is 0 Å². The molecule has 4 aliphatic rings. The molecule has 2 nitrogen and oxygen atoms in total. The number of hydrogen-bond acceptors (Lipinski definition) is 2. The molecule has 0 aliphatic heterocycles. The van der Waals surface area contributed by atoms with Gasteiger partial charge in [0.05, 0.1) is 5.41 Å². The van der Waals surface area contributed by atoms with Crippen molar-refractivity contribution in [3.63, 3.8) is 0 Å². The van der Waals surface area contributed by atoms with Crippen LogP contribution in [0.4, 0.5) is 28.4 Å². The Kier molecular flexibility index (Phi) is 12.3. The SMILES string of the molecule is C1=CCCC(C2=CC=C(N(c3ccc(-c4ccccc4)cc3)c3ccc(C4(c5ccc(N(c6ccc(C7=CC=CCC7)cc6)c6ccc(-c7ccccc7)cc6)cc5)c5ccccc5-c5ccccc54)cc3)CC2)=C1. The molecule has 0 radical (unpaired) electrons. The molecule has 0 bridgehead atoms. The van der Waals surface area contributed by atoms with Gasteiger partial charge in [-0.15, -0.1) is 0 Å². The molecular weight excluding hydrogens is 905 g/mol. The molecule has 0 aromatic heterocycles. The van der Waals surface area contributed by atoms with Gasteiger partial charge in [0.1, 0.15) is 0 Å². The van der Waals surface area contributed by atoms with Crippen LogP contribution in [0.2, 0.25) is 0 Å². The van der Waals surface area contributed by atoms with Crippen LogP contribution < -0.4 is 9.80 Å². The number of hydrogen-bond donors (Lipinski definition) is 0. The lowest BCUT2D eigenvalue weighted by Gasteiger charge is -2.35. The average Bonchev–Trinajstić information content (AvgIpc) is 3.88. The first-order valence-electron chi connectivity index (χ1n) is 26.7. The fourth-order valence-electron chi connectivity index (χ4n) is 12.2. The molecule has 0 atom stereocenters. The molecule has 13 rings (SSSR count). The number of fused-ring (bicyclic) bond motifs is 3. The van der Waals surface area contributed by atoms with Crippen molar-refractivity contribution >= 4 is 34.0 Å². The Morgan fingerprint density at radius 1 is 0.280 bits per heavy atom. The minimum Gasteiger partial charge on any atom is -0.314 e. The zero-order chi connectivity index (χ0) is 50.0. The molecule has 0 spiro atoms. The summed E-state index contributed by atoms with van der Waals surface area (Å²) in [5, 5.41) is 0. The Bertz CT molecular complexity index is 3660. The van der Waals surface area contributed by atoms with Crippen molar-refractivity contribution in [3.05, 3.63) is 324 Å². The van der Waals surface area contributed by atoms with Crippen molar-refractivity contribution in [2.75, 3.05) is 9.80 Å². The maximum atomic E-state index is 2.48. The predicted octanol–water partition coefficient (Wildman–Crippen LogP) is 19.6. The van der Waals surface area contributed by atoms with Gasteiger partial charge in [0, 0.05) is 34.1 Å². The summed E-state index contributed by atoms with van der Waals surface area (Å²) < 4.78 is 0. The predicted molar refractivity (Wildman–Crippen MR) is 316 cm³/mol. The number of allylic oxidation sites excluding steroid dienone is 12. The molecule has 2 heteroatoms. The van der Waals surface area contributed by atoms with Crippen LogP contribution in [0.5, 0.6) is 0 Å². The summed E-state index contributed by atoms with van der Waals surface area (Å²) in [6.07, 6.45) is 24.6. The van der Waals surface area contributed by atoms with Crippen LogP contribution in [0, 0.1) is 0 Å². The van der Waals surface area contributed by atoms with E-state index in [1.54, 1.807) is 0 Å². The van der Waals surface area contributed by atoms with Gasteiger partial charge in [-0.25, -0.2) is 0 Å². The zero-order valence-corrected chi connectivity index (χ0v) is 42.2. The van der Waals surface area contributed by atoms with Gasteiger partial charge in [0.25, 0.3) is 0 Å². The number of rotatable bonds is 12. The highest BCUT2D eigenvalue weighted by molar-refractivity contribution is 5.88. The third kappa shape index (κ3) is 8.63. The first kappa shape index (κ1) is 45.9. The number of nitrogens with zero attached hydrogens (tertiary/aromatic N) is 2. The topological polar surface area (TPSA) is 6.48 Å². The molecule has 0 saturated carbocycles. The molecule has 0 fully saturated rings. The van der Waals surface area contributed by atoms with Crippen LogP contribution in [0.1, 0.15) is 66.3 Å². The zero-order valence-electron chi connectivity index (χ0n) is 42.2. The van der Waals surface area contributed by atoms with Crippen LogP contribution in [-0.4, -0.2) is 0 Å². The molecule has 9 aromatic carbocycles. The summed E-state index contributed by atoms with van der Waals surface area (Å²) in [5.74, 6) is 0. The largest absolute Gasteiger partial charge is 0.314 e. The molecule has 0 N–H and O–H groups in total. The highest BCUT2D eigenvalue weighted by Gasteiger charge is 2.46. The molecule has 0 heterocycles. The van der Waals surface area contributed by atoms with Gasteiger partial charge in [-0.3, -0.25) is 0 Å². The molecule has 75 heavy (non-hydrogen) atoms. The van der Waals surface area contributed by atoms with Crippen molar-refractivity contribution in [1.82, 2.24) is 0 Å². The van der Waals surface area contributed by atoms with Crippen LogP contribution in [-0.2, 0) is 5.41 Å². The Morgan fingerprint density at radius 3 is 1.11 bits per heavy atom. The highest BCUT2D eigenvalue weighted by Crippen LogP contribution is 2.57. The van der Waals surface area contributed by atoms with E-state index < -0.39 is 5.41 Å². The molecule has 360 valence electrons. The number of anilines is 5. The summed E-state index contributed by atoms with van der Waals surface area (Å²) in [6, 6.07) is 85.7. The van der Waals surface area contributed by atoms with Crippen molar-refractivity contribution in [3.8, 4) is 33.4 Å². The van der Waals surface area contributed by atoms with E-state index in [0.29, 0.717) is 0 Å². The Labute approximate surface area is 442 Å². The van der Waals surface area contributed by atoms with Gasteiger partial charge in [-0.1, -0.05) is 212 Å². The third-order valence-corrected chi connectivity index (χ3v) is 15.9. The van der Waals surface area contributed by atoms with E-state index in [9.17, 15) is 0 Å². The molecule has 4 aliphatic carbocycles. The van der Waals surface area contributed by atoms with Crippen LogP contribution in [0.25, 0.3) is 39.0 Å². The minimum absolute atomic E-state index is 0.567. The molecule has 0 amide bonds. The standard InChI is InChI=1S/C73H58N2/c1-5-17-53(18-6-1)57-29-41-63(42-30-57)74(64-43-31-58(32-44-64)54-19-7-2-8-20-54)67-49-37-61(38-50-67)73(71-27-15-13-25-69(71)70-26-14-16-28-72(70)73)62-39-51-68(52-40-62)75(65-45-33-59(34-46-65)55-21-9-3-10-22-55)66-47-35-60(36-48-66)56-23-11-4-12-24-56/h1-7,9-11,13-19,21-23,25-35,37-47,49-52H,8,12,20,24,36,48H2. The van der Waals surface area contributed by atoms with E-state index >= 15 is 0 Å². The van der Waals surface area contributed by atoms with E-state index in [1.807, 2.05) is 0 Å². The van der Waals surface area contributed by atoms with Crippen molar-refractivity contribution in [2.24, 2.45) is 0 Å². The molecular formula is C73H58N2. The summed E-state index contributed by atoms with van der Waals surface area (Å²) >= 11 is 0. The molecule has 0 saturated heterocycles. The smallest absolute Gasteiger partial charge is 0.0713 e. The second-order valence-electron chi connectivity index (χ2n) is 20.1. The van der Waals surface area contributed by atoms with Crippen LogP contribution in [0.3, 0.4) is 0 Å². The first-order chi connectivity index (χ1) is 37.2. The maximum absolute atomic E-state index is 2.48. The molecule has 0 unspecified atom stereocenters. The second kappa shape index (κ2) is 20.1. The lowest BCUT2D eigenvalue weighted by Crippen LogP contribution is -2.29. The molecule has 9 aromatic rings. The van der Waals surface area contributed by atoms with E-state index in [0.717, 1.165) is 67.0 Å². The quantitative estimate of drug-likeness (QED) is 0.120. The fourth-order valence-corrected chi connectivity index (χ4v) is 12.2. The summed E-state index contributed by atoms with van der Waals surface area (Å²) in [5.41, 5.74) is 24.4. The average molecular weight is 963 g/mol. The van der Waals surface area contributed by atoms with Crippen molar-refractivity contribution in [2.45, 2.75) is 43.9 Å². The normalized spacial score (nSPS) is 15.2. The third-order valence-electron chi connectivity index (χ3n) is 15.9. The first-order valence-corrected chi connectivity index (χ1v) is 26.7. The van der Waals surface area contributed by atoms with E-state index in [1.165, 1.54) is 83.6 Å². The lowest BCUT2D eigenvalue weighted by atomic mass is 9.67. The lowest BCUT2D eigenvalue weighted by molar-refractivity contribution is 0.768. The maximum Gasteiger partial charge on any atom is 0.0713 e. The van der Waals surface area contributed by atoms with E-state index in [4.69, 9.17) is 0 Å². The van der Waals surface area contributed by atoms with Gasteiger partial charge in [-0.05, 0) is 183 Å². The van der Waals surface area contributed by atoms with Crippen LogP contribution >= 0.6 is 0 Å². The van der Waals surface area contributed by atoms with Gasteiger partial charge in [0.15, 0.2) is 0 Å². The van der Waals surface area contributed by atoms with Gasteiger partial charge in [-0.2, -0.15) is 0 Å². The Hall–Kier alpha value is -8.98. The monoisotopic (exact) mass is 962 g/mol. The van der Waals surface area contributed by atoms with Gasteiger partial charge in [0.2, 0.25) is 0 Å². The van der Waals surface area contributed by atoms with E-state index in [2.05, 4.69) is 289 Å². The van der Waals surface area contributed by atoms with Crippen LogP contribution in [0.15, 0.2) is 296 Å². The second-order valence-corrected chi connectivity index (χ2v) is 20.1. The highest BCUT2D eigenvalue weighted by atomic mass is 15.2. The van der Waals surface area contributed by atoms with E-state index in [-0.39, 0.29) is 0 Å². The summed E-state index contributed by atoms with van der Waals surface area (Å²) in [7, 11) is 0. The fraction of sp³-hybridized carbons (Fsp3) is 0.0959. The van der Waals surface area contributed by atoms with Crippen molar-refractivity contribution < 1.29 is 0 Å². The summed E-state index contributed by atoms with van der Waals surface area (Å²) in [4.78, 5) is 4.88. The Balaban J connectivity index is 0.916. The Morgan fingerprint density at radius 2 is 0.667 bits per heavy atom. The summed E-state index contributed by atoms with van der Waals surface area (Å²) in [6.45, 7) is 0. The van der Waals surface area contributed by atoms with Gasteiger partial charge < -0.3 is 9.80 Å².